The van der Waals surface area contributed by atoms with Gasteiger partial charge in [-0.25, -0.2) is 0 Å². The van der Waals surface area contributed by atoms with Gasteiger partial charge in [0.15, 0.2) is 0 Å². The summed E-state index contributed by atoms with van der Waals surface area (Å²) in [6, 6.07) is 10.9. The second-order valence-corrected chi connectivity index (χ2v) is 8.22. The molecule has 0 radical (unpaired) electrons. The summed E-state index contributed by atoms with van der Waals surface area (Å²) in [5, 5.41) is 4.93. The number of hydrogen-bond donors (Lipinski definition) is 1. The van der Waals surface area contributed by atoms with Crippen LogP contribution in [-0.4, -0.2) is 35.9 Å². The molecule has 1 atom stereocenters. The Morgan fingerprint density at radius 1 is 1.26 bits per heavy atom. The third-order valence-electron chi connectivity index (χ3n) is 4.50. The van der Waals surface area contributed by atoms with E-state index in [0.29, 0.717) is 43.3 Å². The van der Waals surface area contributed by atoms with Gasteiger partial charge in [0.05, 0.1) is 18.7 Å². The maximum atomic E-state index is 12.9. The predicted molar refractivity (Wildman–Crippen MR) is 108 cm³/mol. The Morgan fingerprint density at radius 3 is 2.81 bits per heavy atom. The van der Waals surface area contributed by atoms with Crippen molar-refractivity contribution < 1.29 is 14.3 Å². The first-order chi connectivity index (χ1) is 13.0. The summed E-state index contributed by atoms with van der Waals surface area (Å²) in [5.74, 6) is 0.926. The highest BCUT2D eigenvalue weighted by Crippen LogP contribution is 2.27. The first-order valence-electron chi connectivity index (χ1n) is 9.39. The highest BCUT2D eigenvalue weighted by Gasteiger charge is 2.34. The minimum absolute atomic E-state index is 0.0134. The third-order valence-corrected chi connectivity index (χ3v) is 5.37. The molecule has 1 aliphatic rings. The molecule has 5 nitrogen and oxygen atoms in total. The van der Waals surface area contributed by atoms with Gasteiger partial charge in [-0.2, -0.15) is 0 Å². The molecule has 1 aromatic heterocycles. The van der Waals surface area contributed by atoms with E-state index in [1.165, 1.54) is 0 Å². The summed E-state index contributed by atoms with van der Waals surface area (Å²) in [4.78, 5) is 28.3. The lowest BCUT2D eigenvalue weighted by Crippen LogP contribution is -2.43. The molecule has 1 N–H and O–H groups in total. The Labute approximate surface area is 164 Å². The van der Waals surface area contributed by atoms with E-state index in [9.17, 15) is 9.59 Å². The number of rotatable bonds is 7. The van der Waals surface area contributed by atoms with Gasteiger partial charge >= 0.3 is 0 Å². The topological polar surface area (TPSA) is 58.6 Å². The molecule has 1 saturated heterocycles. The van der Waals surface area contributed by atoms with Crippen LogP contribution in [-0.2, 0) is 16.0 Å². The molecule has 2 amide bonds. The molecule has 27 heavy (non-hydrogen) atoms. The predicted octanol–water partition coefficient (Wildman–Crippen LogP) is 3.96. The second-order valence-electron chi connectivity index (χ2n) is 7.19. The molecule has 1 aliphatic heterocycles. The van der Waals surface area contributed by atoms with E-state index in [1.54, 1.807) is 16.2 Å². The van der Waals surface area contributed by atoms with Crippen LogP contribution in [0.1, 0.15) is 31.6 Å². The normalized spacial score (nSPS) is 16.6. The van der Waals surface area contributed by atoms with Gasteiger partial charge in [0.1, 0.15) is 11.8 Å². The van der Waals surface area contributed by atoms with Crippen molar-refractivity contribution in [3.63, 3.8) is 0 Å². The standard InChI is InChI=1S/C21H26N2O3S/c1-15(2)14-26-19-10-4-3-8-17(19)22-21(25)18-9-5-11-23(18)20(24)13-16-7-6-12-27-16/h3-4,6-8,10,12,15,18H,5,9,11,13-14H2,1-2H3,(H,22,25). The van der Waals surface area contributed by atoms with Gasteiger partial charge in [0.25, 0.3) is 0 Å². The van der Waals surface area contributed by atoms with Crippen LogP contribution < -0.4 is 10.1 Å². The number of nitrogens with one attached hydrogen (secondary N) is 1. The number of nitrogens with zero attached hydrogens (tertiary/aromatic N) is 1. The van der Waals surface area contributed by atoms with Crippen molar-refractivity contribution in [2.24, 2.45) is 5.92 Å². The molecule has 0 bridgehead atoms. The monoisotopic (exact) mass is 386 g/mol. The van der Waals surface area contributed by atoms with Crippen molar-refractivity contribution in [1.82, 2.24) is 4.90 Å². The molecule has 0 saturated carbocycles. The van der Waals surface area contributed by atoms with Crippen molar-refractivity contribution in [2.75, 3.05) is 18.5 Å². The average Bonchev–Trinajstić information content (AvgIpc) is 3.32. The molecule has 2 aromatic rings. The summed E-state index contributed by atoms with van der Waals surface area (Å²) in [5.41, 5.74) is 0.653. The van der Waals surface area contributed by atoms with Gasteiger partial charge in [0, 0.05) is 11.4 Å². The van der Waals surface area contributed by atoms with Crippen LogP contribution in [0.15, 0.2) is 41.8 Å². The number of amides is 2. The lowest BCUT2D eigenvalue weighted by atomic mass is 10.2. The number of carbonyl (C=O) groups excluding carboxylic acids is 2. The fourth-order valence-corrected chi connectivity index (χ4v) is 3.87. The molecule has 2 heterocycles. The number of benzene rings is 1. The van der Waals surface area contributed by atoms with Gasteiger partial charge in [-0.15, -0.1) is 11.3 Å². The van der Waals surface area contributed by atoms with Crippen LogP contribution >= 0.6 is 11.3 Å². The van der Waals surface area contributed by atoms with Crippen LogP contribution in [0.2, 0.25) is 0 Å². The Morgan fingerprint density at radius 2 is 2.07 bits per heavy atom. The van der Waals surface area contributed by atoms with Gasteiger partial charge in [0.2, 0.25) is 11.8 Å². The Kier molecular flexibility index (Phi) is 6.50. The highest BCUT2D eigenvalue weighted by atomic mass is 32.1. The van der Waals surface area contributed by atoms with E-state index in [2.05, 4.69) is 19.2 Å². The number of thiophene rings is 1. The van der Waals surface area contributed by atoms with E-state index in [1.807, 2.05) is 41.8 Å². The zero-order valence-electron chi connectivity index (χ0n) is 15.8. The van der Waals surface area contributed by atoms with Crippen LogP contribution in [0, 0.1) is 5.92 Å². The van der Waals surface area contributed by atoms with Gasteiger partial charge in [-0.3, -0.25) is 9.59 Å². The Balaban J connectivity index is 1.65. The molecular formula is C21H26N2O3S. The summed E-state index contributed by atoms with van der Waals surface area (Å²) < 4.78 is 5.81. The van der Waals surface area contributed by atoms with Crippen molar-refractivity contribution >= 4 is 28.8 Å². The molecule has 144 valence electrons. The van der Waals surface area contributed by atoms with Crippen molar-refractivity contribution in [3.05, 3.63) is 46.7 Å². The quantitative estimate of drug-likeness (QED) is 0.784. The van der Waals surface area contributed by atoms with E-state index >= 15 is 0 Å². The lowest BCUT2D eigenvalue weighted by molar-refractivity contribution is -0.136. The molecule has 1 aromatic carbocycles. The number of carbonyl (C=O) groups is 2. The highest BCUT2D eigenvalue weighted by molar-refractivity contribution is 7.10. The molecule has 1 fully saturated rings. The van der Waals surface area contributed by atoms with Crippen molar-refractivity contribution in [3.8, 4) is 5.75 Å². The number of anilines is 1. The molecule has 3 rings (SSSR count). The van der Waals surface area contributed by atoms with E-state index in [4.69, 9.17) is 4.74 Å². The van der Waals surface area contributed by atoms with Gasteiger partial charge < -0.3 is 15.0 Å². The number of hydrogen-bond acceptors (Lipinski definition) is 4. The summed E-state index contributed by atoms with van der Waals surface area (Å²) in [7, 11) is 0. The maximum Gasteiger partial charge on any atom is 0.247 e. The number of ether oxygens (including phenoxy) is 1. The summed E-state index contributed by atoms with van der Waals surface area (Å²) in [6.07, 6.45) is 1.90. The Hall–Kier alpha value is -2.34. The lowest BCUT2D eigenvalue weighted by Gasteiger charge is -2.24. The van der Waals surface area contributed by atoms with E-state index in [-0.39, 0.29) is 11.8 Å². The third kappa shape index (κ3) is 5.10. The van der Waals surface area contributed by atoms with Gasteiger partial charge in [-0.1, -0.05) is 32.0 Å². The van der Waals surface area contributed by atoms with E-state index in [0.717, 1.165) is 11.3 Å². The van der Waals surface area contributed by atoms with Crippen LogP contribution in [0.5, 0.6) is 5.75 Å². The minimum atomic E-state index is -0.421. The van der Waals surface area contributed by atoms with Crippen molar-refractivity contribution in [1.29, 1.82) is 0 Å². The molecule has 1 unspecified atom stereocenters. The van der Waals surface area contributed by atoms with Crippen LogP contribution in [0.25, 0.3) is 0 Å². The number of likely N-dealkylation sites (tertiary alicyclic amines) is 1. The largest absolute Gasteiger partial charge is 0.491 e. The SMILES string of the molecule is CC(C)COc1ccccc1NC(=O)C1CCCN1C(=O)Cc1cccs1. The smallest absolute Gasteiger partial charge is 0.247 e. The van der Waals surface area contributed by atoms with Crippen LogP contribution in [0.3, 0.4) is 0 Å². The molecule has 0 aliphatic carbocycles. The summed E-state index contributed by atoms with van der Waals surface area (Å²) >= 11 is 1.57. The zero-order valence-corrected chi connectivity index (χ0v) is 16.6. The second kappa shape index (κ2) is 9.04. The van der Waals surface area contributed by atoms with E-state index < -0.39 is 6.04 Å². The summed E-state index contributed by atoms with van der Waals surface area (Å²) in [6.45, 7) is 5.38. The average molecular weight is 387 g/mol. The molecular weight excluding hydrogens is 360 g/mol. The Bertz CT molecular complexity index is 773. The zero-order chi connectivity index (χ0) is 19.2. The fraction of sp³-hybridized carbons (Fsp3) is 0.429. The molecule has 0 spiro atoms. The molecule has 6 heteroatoms. The first kappa shape index (κ1) is 19.4. The number of para-hydroxylation sites is 2. The van der Waals surface area contributed by atoms with Crippen molar-refractivity contribution in [2.45, 2.75) is 39.2 Å². The maximum absolute atomic E-state index is 12.9. The fourth-order valence-electron chi connectivity index (χ4n) is 3.17. The minimum Gasteiger partial charge on any atom is -0.491 e. The van der Waals surface area contributed by atoms with Crippen LogP contribution in [0.4, 0.5) is 5.69 Å². The first-order valence-corrected chi connectivity index (χ1v) is 10.3. The van der Waals surface area contributed by atoms with Gasteiger partial charge in [-0.05, 0) is 42.3 Å².